The number of fused-ring (bicyclic) bond motifs is 3. The van der Waals surface area contributed by atoms with Crippen LogP contribution in [-0.2, 0) is 11.2 Å². The number of H-pyrrole nitrogens is 1. The second kappa shape index (κ2) is 6.22. The van der Waals surface area contributed by atoms with Gasteiger partial charge in [0.1, 0.15) is 23.4 Å². The molecular weight excluding hydrogens is 350 g/mol. The fourth-order valence-electron chi connectivity index (χ4n) is 3.60. The molecule has 7 heteroatoms. The first-order chi connectivity index (χ1) is 13.0. The molecule has 0 saturated heterocycles. The molecule has 2 aromatic heterocycles. The van der Waals surface area contributed by atoms with Crippen molar-refractivity contribution in [1.82, 2.24) is 14.9 Å². The molecule has 0 radical (unpaired) electrons. The lowest BCUT2D eigenvalue weighted by molar-refractivity contribution is -0.127. The Bertz CT molecular complexity index is 1150. The topological polar surface area (TPSA) is 72.8 Å². The van der Waals surface area contributed by atoms with E-state index in [-0.39, 0.29) is 11.2 Å². The van der Waals surface area contributed by atoms with Crippen LogP contribution in [0.4, 0.5) is 8.78 Å². The lowest BCUT2D eigenvalue weighted by Gasteiger charge is -2.34. The molecular formula is C20H12F2N4O. The first kappa shape index (κ1) is 16.7. The number of carbonyl (C=O) groups is 1. The number of nitrogens with one attached hydrogen (secondary N) is 1. The normalized spacial score (nSPS) is 15.9. The minimum atomic E-state index is -0.703. The number of nitriles is 1. The molecule has 0 spiro atoms. The summed E-state index contributed by atoms with van der Waals surface area (Å²) < 4.78 is 28.0. The Kier molecular flexibility index (Phi) is 3.86. The van der Waals surface area contributed by atoms with Crippen LogP contribution in [0.3, 0.4) is 0 Å². The average Bonchev–Trinajstić information content (AvgIpc) is 3.05. The van der Waals surface area contributed by atoms with E-state index in [1.165, 1.54) is 23.2 Å². The first-order valence-corrected chi connectivity index (χ1v) is 8.16. The molecule has 1 N–H and O–H groups in total. The SMILES string of the molecule is C#CC(=O)N1CCc2c([nH]c3c(F)cc(F)cc23)C1c1ccc(C#N)nc1. The number of amides is 1. The number of terminal acetylenes is 1. The summed E-state index contributed by atoms with van der Waals surface area (Å²) in [7, 11) is 0. The Balaban J connectivity index is 1.95. The monoisotopic (exact) mass is 362 g/mol. The second-order valence-electron chi connectivity index (χ2n) is 6.21. The number of pyridine rings is 1. The maximum Gasteiger partial charge on any atom is 0.299 e. The maximum absolute atomic E-state index is 14.3. The standard InChI is InChI=1S/C20H12F2N4O/c1-2-17(27)26-6-5-14-15-7-12(21)8-16(22)18(15)25-19(14)20(26)11-3-4-13(9-23)24-10-11/h1,3-4,7-8,10,20,25H,5-6H2. The molecule has 27 heavy (non-hydrogen) atoms. The summed E-state index contributed by atoms with van der Waals surface area (Å²) >= 11 is 0. The van der Waals surface area contributed by atoms with Gasteiger partial charge in [-0.3, -0.25) is 4.79 Å². The lowest BCUT2D eigenvalue weighted by Crippen LogP contribution is -2.40. The maximum atomic E-state index is 14.3. The van der Waals surface area contributed by atoms with Crippen molar-refractivity contribution in [3.05, 3.63) is 64.6 Å². The molecule has 132 valence electrons. The smallest absolute Gasteiger partial charge is 0.299 e. The summed E-state index contributed by atoms with van der Waals surface area (Å²) in [6, 6.07) is 6.60. The molecule has 1 atom stereocenters. The average molecular weight is 362 g/mol. The van der Waals surface area contributed by atoms with E-state index in [4.69, 9.17) is 11.7 Å². The van der Waals surface area contributed by atoms with Crippen LogP contribution < -0.4 is 0 Å². The van der Waals surface area contributed by atoms with Crippen molar-refractivity contribution >= 4 is 16.8 Å². The van der Waals surface area contributed by atoms with Gasteiger partial charge in [0, 0.05) is 29.9 Å². The molecule has 0 bridgehead atoms. The number of carbonyl (C=O) groups excluding carboxylic acids is 1. The van der Waals surface area contributed by atoms with Gasteiger partial charge in [0.2, 0.25) is 0 Å². The first-order valence-electron chi connectivity index (χ1n) is 8.16. The Labute approximate surface area is 153 Å². The predicted octanol–water partition coefficient (Wildman–Crippen LogP) is 2.82. The summed E-state index contributed by atoms with van der Waals surface area (Å²) in [5.74, 6) is 0.226. The molecule has 4 rings (SSSR count). The van der Waals surface area contributed by atoms with Gasteiger partial charge in [0.25, 0.3) is 5.91 Å². The third-order valence-corrected chi connectivity index (χ3v) is 4.75. The number of benzene rings is 1. The van der Waals surface area contributed by atoms with E-state index in [0.717, 1.165) is 11.6 Å². The zero-order valence-electron chi connectivity index (χ0n) is 14.0. The Hall–Kier alpha value is -3.71. The third kappa shape index (κ3) is 2.61. The number of aromatic amines is 1. The largest absolute Gasteiger partial charge is 0.354 e. The molecule has 1 amide bonds. The van der Waals surface area contributed by atoms with E-state index in [2.05, 4.69) is 15.9 Å². The number of nitrogens with zero attached hydrogens (tertiary/aromatic N) is 3. The van der Waals surface area contributed by atoms with Gasteiger partial charge in [-0.15, -0.1) is 6.42 Å². The minimum absolute atomic E-state index is 0.183. The zero-order valence-corrected chi connectivity index (χ0v) is 14.0. The van der Waals surface area contributed by atoms with Crippen molar-refractivity contribution in [2.75, 3.05) is 6.54 Å². The highest BCUT2D eigenvalue weighted by Crippen LogP contribution is 2.39. The lowest BCUT2D eigenvalue weighted by atomic mass is 9.93. The van der Waals surface area contributed by atoms with E-state index in [0.29, 0.717) is 29.6 Å². The Morgan fingerprint density at radius 3 is 2.85 bits per heavy atom. The number of hydrogen-bond donors (Lipinski definition) is 1. The third-order valence-electron chi connectivity index (χ3n) is 4.75. The van der Waals surface area contributed by atoms with Crippen LogP contribution in [-0.4, -0.2) is 27.3 Å². The van der Waals surface area contributed by atoms with Gasteiger partial charge < -0.3 is 9.88 Å². The molecule has 0 aliphatic carbocycles. The van der Waals surface area contributed by atoms with Gasteiger partial charge in [-0.05, 0) is 35.6 Å². The molecule has 0 fully saturated rings. The van der Waals surface area contributed by atoms with Crippen LogP contribution in [0.25, 0.3) is 10.9 Å². The van der Waals surface area contributed by atoms with Crippen molar-refractivity contribution in [2.45, 2.75) is 12.5 Å². The molecule has 1 aliphatic rings. The molecule has 1 aliphatic heterocycles. The van der Waals surface area contributed by atoms with Crippen LogP contribution in [0.1, 0.15) is 28.6 Å². The molecule has 3 aromatic rings. The van der Waals surface area contributed by atoms with E-state index in [1.807, 2.05) is 6.07 Å². The van der Waals surface area contributed by atoms with Crippen molar-refractivity contribution < 1.29 is 13.6 Å². The quantitative estimate of drug-likeness (QED) is 0.677. The van der Waals surface area contributed by atoms with Crippen molar-refractivity contribution in [1.29, 1.82) is 5.26 Å². The van der Waals surface area contributed by atoms with Gasteiger partial charge in [0.15, 0.2) is 0 Å². The highest BCUT2D eigenvalue weighted by atomic mass is 19.1. The van der Waals surface area contributed by atoms with Gasteiger partial charge in [-0.1, -0.05) is 6.07 Å². The minimum Gasteiger partial charge on any atom is -0.354 e. The summed E-state index contributed by atoms with van der Waals surface area (Å²) in [4.78, 5) is 20.8. The summed E-state index contributed by atoms with van der Waals surface area (Å²) in [5, 5.41) is 9.39. The fraction of sp³-hybridized carbons (Fsp3) is 0.150. The molecule has 5 nitrogen and oxygen atoms in total. The number of rotatable bonds is 1. The van der Waals surface area contributed by atoms with Crippen LogP contribution in [0.5, 0.6) is 0 Å². The van der Waals surface area contributed by atoms with Gasteiger partial charge >= 0.3 is 0 Å². The highest BCUT2D eigenvalue weighted by Gasteiger charge is 2.34. The Morgan fingerprint density at radius 1 is 1.37 bits per heavy atom. The Morgan fingerprint density at radius 2 is 2.19 bits per heavy atom. The van der Waals surface area contributed by atoms with E-state index < -0.39 is 23.6 Å². The second-order valence-corrected chi connectivity index (χ2v) is 6.21. The van der Waals surface area contributed by atoms with Gasteiger partial charge in [-0.2, -0.15) is 5.26 Å². The zero-order chi connectivity index (χ0) is 19.1. The van der Waals surface area contributed by atoms with Crippen LogP contribution in [0.15, 0.2) is 30.5 Å². The highest BCUT2D eigenvalue weighted by molar-refractivity contribution is 5.94. The number of aromatic nitrogens is 2. The molecule has 1 aromatic carbocycles. The molecule has 1 unspecified atom stereocenters. The summed E-state index contributed by atoms with van der Waals surface area (Å²) in [6.07, 6.45) is 7.20. The van der Waals surface area contributed by atoms with Gasteiger partial charge in [-0.25, -0.2) is 13.8 Å². The summed E-state index contributed by atoms with van der Waals surface area (Å²) in [5.41, 5.74) is 2.33. The van der Waals surface area contributed by atoms with Crippen molar-refractivity contribution in [3.8, 4) is 18.4 Å². The molecule has 0 saturated carbocycles. The van der Waals surface area contributed by atoms with E-state index in [1.54, 1.807) is 6.07 Å². The fourth-order valence-corrected chi connectivity index (χ4v) is 3.60. The number of halogens is 2. The van der Waals surface area contributed by atoms with Crippen LogP contribution in [0, 0.1) is 35.3 Å². The van der Waals surface area contributed by atoms with Gasteiger partial charge in [0.05, 0.1) is 11.6 Å². The van der Waals surface area contributed by atoms with Crippen LogP contribution >= 0.6 is 0 Å². The van der Waals surface area contributed by atoms with Crippen LogP contribution in [0.2, 0.25) is 0 Å². The van der Waals surface area contributed by atoms with Crippen molar-refractivity contribution in [2.24, 2.45) is 0 Å². The van der Waals surface area contributed by atoms with E-state index in [9.17, 15) is 13.6 Å². The molecule has 3 heterocycles. The summed E-state index contributed by atoms with van der Waals surface area (Å²) in [6.45, 7) is 0.297. The van der Waals surface area contributed by atoms with Crippen molar-refractivity contribution in [3.63, 3.8) is 0 Å². The predicted molar refractivity (Wildman–Crippen MR) is 93.3 cm³/mol. The number of hydrogen-bond acceptors (Lipinski definition) is 3. The van der Waals surface area contributed by atoms with E-state index >= 15 is 0 Å².